The van der Waals surface area contributed by atoms with Crippen molar-refractivity contribution >= 4 is 11.9 Å². The summed E-state index contributed by atoms with van der Waals surface area (Å²) in [5.74, 6) is -0.637. The molecule has 0 aliphatic heterocycles. The zero-order valence-electron chi connectivity index (χ0n) is 50.0. The summed E-state index contributed by atoms with van der Waals surface area (Å²) in [4.78, 5) is 24.5. The molecule has 436 valence electrons. The molecule has 0 bridgehead atoms. The number of unbranched alkanes of at least 4 members (excludes halogenated alkanes) is 33. The van der Waals surface area contributed by atoms with E-state index in [9.17, 15) is 14.7 Å². The molecule has 0 aromatic heterocycles. The summed E-state index contributed by atoms with van der Waals surface area (Å²) in [7, 11) is 0. The molecule has 0 radical (unpaired) electrons. The zero-order valence-corrected chi connectivity index (χ0v) is 50.0. The van der Waals surface area contributed by atoms with Crippen LogP contribution < -0.4 is 0 Å². The topological polar surface area (TPSA) is 72.8 Å². The van der Waals surface area contributed by atoms with E-state index in [2.05, 4.69) is 123 Å². The fourth-order valence-corrected chi connectivity index (χ4v) is 9.22. The quantitative estimate of drug-likeness (QED) is 0.0373. The molecule has 5 nitrogen and oxygen atoms in total. The van der Waals surface area contributed by atoms with Crippen molar-refractivity contribution in [3.63, 3.8) is 0 Å². The Bertz CT molecular complexity index is 1470. The Labute approximate surface area is 471 Å². The van der Waals surface area contributed by atoms with Crippen LogP contribution >= 0.6 is 0 Å². The number of hydrogen-bond donors (Lipinski definition) is 1. The molecule has 0 aliphatic rings. The summed E-state index contributed by atoms with van der Waals surface area (Å²) >= 11 is 0. The zero-order chi connectivity index (χ0) is 54.8. The van der Waals surface area contributed by atoms with Gasteiger partial charge in [-0.2, -0.15) is 0 Å². The molecule has 0 heterocycles. The highest BCUT2D eigenvalue weighted by molar-refractivity contribution is 5.70. The Morgan fingerprint density at radius 1 is 0.316 bits per heavy atom. The number of rotatable bonds is 59. The van der Waals surface area contributed by atoms with Gasteiger partial charge in [0.2, 0.25) is 0 Å². The lowest BCUT2D eigenvalue weighted by Crippen LogP contribution is -2.28. The van der Waals surface area contributed by atoms with Crippen molar-refractivity contribution < 1.29 is 24.2 Å². The van der Waals surface area contributed by atoms with E-state index in [4.69, 9.17) is 9.47 Å². The third-order valence-corrected chi connectivity index (χ3v) is 14.1. The number of ether oxygens (including phenoxy) is 2. The molecule has 0 aromatic carbocycles. The van der Waals surface area contributed by atoms with Crippen molar-refractivity contribution in [1.29, 1.82) is 0 Å². The predicted octanol–water partition coefficient (Wildman–Crippen LogP) is 22.4. The average Bonchev–Trinajstić information content (AvgIpc) is 3.42. The maximum Gasteiger partial charge on any atom is 0.306 e. The fourth-order valence-electron chi connectivity index (χ4n) is 9.22. The second-order valence-corrected chi connectivity index (χ2v) is 21.5. The number of carbonyl (C=O) groups excluding carboxylic acids is 2. The highest BCUT2D eigenvalue weighted by Gasteiger charge is 2.16. The van der Waals surface area contributed by atoms with Crippen molar-refractivity contribution in [3.05, 3.63) is 109 Å². The SMILES string of the molecule is CC/C=C\C/C=C\C/C=C\C/C=C\C/C=C\C/C=C\CCCCC(=O)OC(CO)COC(=O)CCCCCCCCCCCCCCCCCCCCCCCCCCCC/C=C\C/C=C\C/C=C\CCCCCCC. The van der Waals surface area contributed by atoms with E-state index in [-0.39, 0.29) is 25.2 Å². The predicted molar refractivity (Wildman–Crippen MR) is 334 cm³/mol. The van der Waals surface area contributed by atoms with Crippen LogP contribution in [0.25, 0.3) is 0 Å². The molecule has 0 amide bonds. The second kappa shape index (κ2) is 65.8. The Kier molecular flexibility index (Phi) is 62.9. The number of carbonyl (C=O) groups is 2. The lowest BCUT2D eigenvalue weighted by molar-refractivity contribution is -0.161. The van der Waals surface area contributed by atoms with E-state index in [0.717, 1.165) is 89.9 Å². The van der Waals surface area contributed by atoms with Crippen LogP contribution in [0.3, 0.4) is 0 Å². The van der Waals surface area contributed by atoms with Crippen molar-refractivity contribution in [2.45, 2.75) is 315 Å². The van der Waals surface area contributed by atoms with Crippen LogP contribution in [0.2, 0.25) is 0 Å². The smallest absolute Gasteiger partial charge is 0.306 e. The van der Waals surface area contributed by atoms with Gasteiger partial charge in [0, 0.05) is 12.8 Å². The van der Waals surface area contributed by atoms with E-state index in [1.165, 1.54) is 193 Å². The highest BCUT2D eigenvalue weighted by Crippen LogP contribution is 2.17. The number of esters is 2. The molecule has 76 heavy (non-hydrogen) atoms. The van der Waals surface area contributed by atoms with Gasteiger partial charge in [0.25, 0.3) is 0 Å². The minimum Gasteiger partial charge on any atom is -0.462 e. The first-order valence-electron chi connectivity index (χ1n) is 32.4. The number of hydrogen-bond acceptors (Lipinski definition) is 5. The van der Waals surface area contributed by atoms with Gasteiger partial charge in [-0.25, -0.2) is 0 Å². The summed E-state index contributed by atoms with van der Waals surface area (Å²) in [6, 6.07) is 0. The second-order valence-electron chi connectivity index (χ2n) is 21.5. The normalized spacial score (nSPS) is 12.9. The van der Waals surface area contributed by atoms with Gasteiger partial charge in [-0.15, -0.1) is 0 Å². The number of allylic oxidation sites excluding steroid dienone is 18. The van der Waals surface area contributed by atoms with Crippen LogP contribution in [0.15, 0.2) is 109 Å². The van der Waals surface area contributed by atoms with Crippen LogP contribution in [0.4, 0.5) is 0 Å². The van der Waals surface area contributed by atoms with Crippen molar-refractivity contribution in [3.8, 4) is 0 Å². The van der Waals surface area contributed by atoms with Gasteiger partial charge in [-0.1, -0.05) is 303 Å². The third kappa shape index (κ3) is 63.1. The summed E-state index contributed by atoms with van der Waals surface area (Å²) in [6.07, 6.45) is 95.4. The van der Waals surface area contributed by atoms with Gasteiger partial charge in [0.05, 0.1) is 6.61 Å². The van der Waals surface area contributed by atoms with Crippen LogP contribution in [-0.2, 0) is 19.1 Å². The van der Waals surface area contributed by atoms with E-state index >= 15 is 0 Å². The van der Waals surface area contributed by atoms with Crippen molar-refractivity contribution in [2.24, 2.45) is 0 Å². The molecule has 0 fully saturated rings. The summed E-state index contributed by atoms with van der Waals surface area (Å²) in [5.41, 5.74) is 0. The lowest BCUT2D eigenvalue weighted by Gasteiger charge is -2.15. The monoisotopic (exact) mass is 1050 g/mol. The molecule has 1 N–H and O–H groups in total. The molecule has 0 rings (SSSR count). The van der Waals surface area contributed by atoms with Crippen molar-refractivity contribution in [2.75, 3.05) is 13.2 Å². The Balaban J connectivity index is 3.45. The summed E-state index contributed by atoms with van der Waals surface area (Å²) in [5, 5.41) is 9.66. The molecule has 1 unspecified atom stereocenters. The number of aliphatic hydroxyl groups is 1. The molecular formula is C71H122O5. The largest absolute Gasteiger partial charge is 0.462 e. The molecule has 5 heteroatoms. The van der Waals surface area contributed by atoms with E-state index in [0.29, 0.717) is 12.8 Å². The Morgan fingerprint density at radius 2 is 0.566 bits per heavy atom. The van der Waals surface area contributed by atoms with Crippen LogP contribution in [-0.4, -0.2) is 36.4 Å². The standard InChI is InChI=1S/C71H122O5/c1-3-5-7-9-11-13-15-17-19-21-23-25-26-27-28-29-30-31-32-33-34-35-36-37-38-39-40-41-42-43-44-46-47-49-51-53-55-57-59-61-63-65-70(73)75-68-69(67-72)76-71(74)66-64-62-60-58-56-54-52-50-48-45-24-22-20-18-16-14-12-10-8-6-4-2/h6,8,12,14-15,17-18,20-21,23-24,26-27,45,50,52,56,58,69,72H,3-5,7,9-11,13,16,19,22,25,28-44,46-49,51,53-55,57,59-68H2,1-2H3/b8-6-,14-12-,17-15-,20-18-,23-21-,27-26-,45-24-,52-50-,58-56-. The minimum absolute atomic E-state index is 0.0864. The van der Waals surface area contributed by atoms with Gasteiger partial charge in [-0.05, 0) is 103 Å². The molecular weight excluding hydrogens is 933 g/mol. The van der Waals surface area contributed by atoms with Crippen molar-refractivity contribution in [1.82, 2.24) is 0 Å². The molecule has 0 saturated heterocycles. The lowest BCUT2D eigenvalue weighted by atomic mass is 10.0. The first-order chi connectivity index (χ1) is 37.6. The maximum atomic E-state index is 12.3. The first-order valence-corrected chi connectivity index (χ1v) is 32.4. The molecule has 0 saturated carbocycles. The minimum atomic E-state index is -0.801. The van der Waals surface area contributed by atoms with Gasteiger partial charge in [0.15, 0.2) is 6.10 Å². The summed E-state index contributed by atoms with van der Waals surface area (Å²) < 4.78 is 10.7. The Hall–Kier alpha value is -3.44. The number of aliphatic hydroxyl groups excluding tert-OH is 1. The van der Waals surface area contributed by atoms with E-state index < -0.39 is 6.10 Å². The molecule has 0 aromatic rings. The highest BCUT2D eigenvalue weighted by atomic mass is 16.6. The Morgan fingerprint density at radius 3 is 0.882 bits per heavy atom. The van der Waals surface area contributed by atoms with Crippen LogP contribution in [0.5, 0.6) is 0 Å². The third-order valence-electron chi connectivity index (χ3n) is 14.1. The van der Waals surface area contributed by atoms with Gasteiger partial charge >= 0.3 is 11.9 Å². The molecule has 0 spiro atoms. The van der Waals surface area contributed by atoms with Gasteiger partial charge in [0.1, 0.15) is 6.61 Å². The average molecular weight is 1060 g/mol. The van der Waals surface area contributed by atoms with Crippen LogP contribution in [0.1, 0.15) is 309 Å². The maximum absolute atomic E-state index is 12.3. The van der Waals surface area contributed by atoms with Crippen LogP contribution in [0, 0.1) is 0 Å². The van der Waals surface area contributed by atoms with Gasteiger partial charge in [-0.3, -0.25) is 9.59 Å². The van der Waals surface area contributed by atoms with E-state index in [1.807, 2.05) is 0 Å². The van der Waals surface area contributed by atoms with E-state index in [1.54, 1.807) is 0 Å². The molecule has 1 atom stereocenters. The summed E-state index contributed by atoms with van der Waals surface area (Å²) in [6.45, 7) is 4.00. The molecule has 0 aliphatic carbocycles. The first kappa shape index (κ1) is 72.6. The fraction of sp³-hybridized carbons (Fsp3) is 0.718. The van der Waals surface area contributed by atoms with Gasteiger partial charge < -0.3 is 14.6 Å².